The molecule has 1 N–H and O–H groups in total. The van der Waals surface area contributed by atoms with Gasteiger partial charge in [-0.25, -0.2) is 9.18 Å². The number of esters is 1. The number of hydrogen-bond acceptors (Lipinski definition) is 4. The van der Waals surface area contributed by atoms with Crippen molar-refractivity contribution in [1.82, 2.24) is 0 Å². The Morgan fingerprint density at radius 3 is 2.71 bits per heavy atom. The van der Waals surface area contributed by atoms with Crippen molar-refractivity contribution in [3.8, 4) is 0 Å². The number of hydrogen-bond donors (Lipinski definition) is 1. The van der Waals surface area contributed by atoms with E-state index in [0.717, 1.165) is 11.6 Å². The van der Waals surface area contributed by atoms with Gasteiger partial charge < -0.3 is 10.1 Å². The zero-order valence-corrected chi connectivity index (χ0v) is 12.7. The molecule has 0 fully saturated rings. The Bertz CT molecular complexity index is 832. The fraction of sp³-hybridized carbons (Fsp3) is 0.167. The molecule has 0 saturated heterocycles. The third-order valence-electron chi connectivity index (χ3n) is 3.75. The highest BCUT2D eigenvalue weighted by Crippen LogP contribution is 2.23. The molecule has 1 aliphatic heterocycles. The van der Waals surface area contributed by atoms with Gasteiger partial charge in [0.05, 0.1) is 5.56 Å². The number of benzene rings is 2. The molecule has 24 heavy (non-hydrogen) atoms. The molecule has 2 aromatic rings. The summed E-state index contributed by atoms with van der Waals surface area (Å²) in [4.78, 5) is 35.3. The van der Waals surface area contributed by atoms with Crippen LogP contribution in [0.1, 0.15) is 32.7 Å². The molecule has 0 unspecified atom stereocenters. The van der Waals surface area contributed by atoms with E-state index >= 15 is 0 Å². The number of fused-ring (bicyclic) bond motifs is 1. The van der Waals surface area contributed by atoms with Gasteiger partial charge in [0.2, 0.25) is 5.91 Å². The summed E-state index contributed by atoms with van der Waals surface area (Å²) in [5.41, 5.74) is 1.72. The van der Waals surface area contributed by atoms with Crippen LogP contribution in [0.15, 0.2) is 42.5 Å². The molecule has 122 valence electrons. The van der Waals surface area contributed by atoms with Crippen LogP contribution in [0.25, 0.3) is 0 Å². The molecule has 2 aromatic carbocycles. The SMILES string of the molecule is O=C1CCc2cc(C(=O)COC(=O)c3ccccc3F)ccc2N1. The average Bonchev–Trinajstić information content (AvgIpc) is 2.59. The van der Waals surface area contributed by atoms with Crippen molar-refractivity contribution >= 4 is 23.3 Å². The number of rotatable bonds is 4. The normalized spacial score (nSPS) is 13.0. The van der Waals surface area contributed by atoms with Gasteiger partial charge in [0.1, 0.15) is 5.82 Å². The summed E-state index contributed by atoms with van der Waals surface area (Å²) >= 11 is 0. The maximum atomic E-state index is 13.5. The second-order valence-corrected chi connectivity index (χ2v) is 5.40. The molecule has 5 nitrogen and oxygen atoms in total. The second-order valence-electron chi connectivity index (χ2n) is 5.40. The maximum absolute atomic E-state index is 13.5. The van der Waals surface area contributed by atoms with Crippen LogP contribution in [-0.2, 0) is 16.0 Å². The zero-order valence-electron chi connectivity index (χ0n) is 12.7. The van der Waals surface area contributed by atoms with Crippen molar-refractivity contribution in [2.75, 3.05) is 11.9 Å². The molecular formula is C18H14FNO4. The van der Waals surface area contributed by atoms with E-state index in [1.165, 1.54) is 18.2 Å². The summed E-state index contributed by atoms with van der Waals surface area (Å²) < 4.78 is 18.4. The predicted octanol–water partition coefficient (Wildman–Crippen LogP) is 2.75. The molecule has 0 bridgehead atoms. The van der Waals surface area contributed by atoms with Gasteiger partial charge in [0.15, 0.2) is 12.4 Å². The average molecular weight is 327 g/mol. The highest BCUT2D eigenvalue weighted by atomic mass is 19.1. The van der Waals surface area contributed by atoms with Crippen molar-refractivity contribution in [2.24, 2.45) is 0 Å². The number of ether oxygens (including phenoxy) is 1. The lowest BCUT2D eigenvalue weighted by Crippen LogP contribution is -2.20. The van der Waals surface area contributed by atoms with Crippen molar-refractivity contribution in [1.29, 1.82) is 0 Å². The Labute approximate surface area is 137 Å². The fourth-order valence-electron chi connectivity index (χ4n) is 2.48. The summed E-state index contributed by atoms with van der Waals surface area (Å²) in [7, 11) is 0. The van der Waals surface area contributed by atoms with Gasteiger partial charge in [-0.2, -0.15) is 0 Å². The Kier molecular flexibility index (Phi) is 4.37. The van der Waals surface area contributed by atoms with Gasteiger partial charge in [-0.1, -0.05) is 12.1 Å². The molecule has 6 heteroatoms. The van der Waals surface area contributed by atoms with Gasteiger partial charge in [0, 0.05) is 17.7 Å². The summed E-state index contributed by atoms with van der Waals surface area (Å²) in [6, 6.07) is 10.3. The van der Waals surface area contributed by atoms with E-state index < -0.39 is 18.4 Å². The maximum Gasteiger partial charge on any atom is 0.341 e. The summed E-state index contributed by atoms with van der Waals surface area (Å²) in [6.07, 6.45) is 0.921. The fourth-order valence-corrected chi connectivity index (χ4v) is 2.48. The predicted molar refractivity (Wildman–Crippen MR) is 84.4 cm³/mol. The monoisotopic (exact) mass is 327 g/mol. The third-order valence-corrected chi connectivity index (χ3v) is 3.75. The van der Waals surface area contributed by atoms with Crippen LogP contribution in [0.5, 0.6) is 0 Å². The number of Topliss-reactive ketones (excluding diaryl/α,β-unsaturated/α-hetero) is 1. The topological polar surface area (TPSA) is 72.5 Å². The molecule has 0 aliphatic carbocycles. The highest BCUT2D eigenvalue weighted by Gasteiger charge is 2.18. The first-order chi connectivity index (χ1) is 11.5. The number of halogens is 1. The first kappa shape index (κ1) is 15.9. The van der Waals surface area contributed by atoms with Crippen LogP contribution < -0.4 is 5.32 Å². The molecular weight excluding hydrogens is 313 g/mol. The third kappa shape index (κ3) is 3.32. The zero-order chi connectivity index (χ0) is 17.1. The molecule has 0 saturated carbocycles. The van der Waals surface area contributed by atoms with Crippen molar-refractivity contribution in [2.45, 2.75) is 12.8 Å². The Morgan fingerprint density at radius 1 is 1.12 bits per heavy atom. The molecule has 0 atom stereocenters. The number of anilines is 1. The van der Waals surface area contributed by atoms with Crippen LogP contribution >= 0.6 is 0 Å². The molecule has 1 aliphatic rings. The van der Waals surface area contributed by atoms with Crippen LogP contribution in [-0.4, -0.2) is 24.3 Å². The van der Waals surface area contributed by atoms with Crippen molar-refractivity contribution in [3.63, 3.8) is 0 Å². The van der Waals surface area contributed by atoms with Crippen LogP contribution in [0.4, 0.5) is 10.1 Å². The number of amides is 1. The van der Waals surface area contributed by atoms with Crippen LogP contribution in [0.2, 0.25) is 0 Å². The van der Waals surface area contributed by atoms with Crippen LogP contribution in [0, 0.1) is 5.82 Å². The van der Waals surface area contributed by atoms with Gasteiger partial charge in [-0.05, 0) is 42.3 Å². The minimum Gasteiger partial charge on any atom is -0.454 e. The molecule has 1 amide bonds. The minimum atomic E-state index is -0.883. The number of nitrogens with one attached hydrogen (secondary N) is 1. The molecule has 0 spiro atoms. The van der Waals surface area contributed by atoms with E-state index in [-0.39, 0.29) is 17.3 Å². The van der Waals surface area contributed by atoms with Gasteiger partial charge in [-0.3, -0.25) is 9.59 Å². The van der Waals surface area contributed by atoms with Crippen molar-refractivity contribution < 1.29 is 23.5 Å². The number of carbonyl (C=O) groups is 3. The number of carbonyl (C=O) groups excluding carboxylic acids is 3. The van der Waals surface area contributed by atoms with E-state index in [2.05, 4.69) is 5.32 Å². The van der Waals surface area contributed by atoms with Gasteiger partial charge in [-0.15, -0.1) is 0 Å². The Morgan fingerprint density at radius 2 is 1.92 bits per heavy atom. The molecule has 1 heterocycles. The molecule has 0 radical (unpaired) electrons. The lowest BCUT2D eigenvalue weighted by molar-refractivity contribution is -0.116. The Hall–Kier alpha value is -3.02. The first-order valence-corrected chi connectivity index (χ1v) is 7.42. The number of aryl methyl sites for hydroxylation is 1. The van der Waals surface area contributed by atoms with Gasteiger partial charge >= 0.3 is 5.97 Å². The molecule has 0 aromatic heterocycles. The first-order valence-electron chi connectivity index (χ1n) is 7.42. The standard InChI is InChI=1S/C18H14FNO4/c19-14-4-2-1-3-13(14)18(23)24-10-16(21)12-5-7-15-11(9-12)6-8-17(22)20-15/h1-5,7,9H,6,8,10H2,(H,20,22). The van der Waals surface area contributed by atoms with E-state index in [1.54, 1.807) is 18.2 Å². The van der Waals surface area contributed by atoms with E-state index in [4.69, 9.17) is 4.74 Å². The van der Waals surface area contributed by atoms with Crippen molar-refractivity contribution in [3.05, 3.63) is 65.0 Å². The van der Waals surface area contributed by atoms with E-state index in [0.29, 0.717) is 24.1 Å². The highest BCUT2D eigenvalue weighted by molar-refractivity contribution is 6.01. The summed E-state index contributed by atoms with van der Waals surface area (Å²) in [5.74, 6) is -2.02. The Balaban J connectivity index is 1.66. The van der Waals surface area contributed by atoms with Gasteiger partial charge in [0.25, 0.3) is 0 Å². The molecule has 3 rings (SSSR count). The second kappa shape index (κ2) is 6.62. The minimum absolute atomic E-state index is 0.0552. The van der Waals surface area contributed by atoms with Crippen LogP contribution in [0.3, 0.4) is 0 Å². The largest absolute Gasteiger partial charge is 0.454 e. The lowest BCUT2D eigenvalue weighted by atomic mass is 9.99. The smallest absolute Gasteiger partial charge is 0.341 e. The quantitative estimate of drug-likeness (QED) is 0.692. The summed E-state index contributed by atoms with van der Waals surface area (Å²) in [6.45, 7) is -0.474. The van der Waals surface area contributed by atoms with E-state index in [1.807, 2.05) is 0 Å². The lowest BCUT2D eigenvalue weighted by Gasteiger charge is -2.17. The summed E-state index contributed by atoms with van der Waals surface area (Å²) in [5, 5.41) is 2.73. The van der Waals surface area contributed by atoms with E-state index in [9.17, 15) is 18.8 Å². The number of ketones is 1.